The van der Waals surface area contributed by atoms with Gasteiger partial charge in [0.05, 0.1) is 44.8 Å². The Morgan fingerprint density at radius 3 is 2.35 bits per heavy atom. The van der Waals surface area contributed by atoms with E-state index in [1.807, 2.05) is 11.9 Å². The predicted molar refractivity (Wildman–Crippen MR) is 184 cm³/mol. The Hall–Kier alpha value is -6.28. The summed E-state index contributed by atoms with van der Waals surface area (Å²) in [5.74, 6) is -3.47. The summed E-state index contributed by atoms with van der Waals surface area (Å²) in [6, 6.07) is 5.38. The van der Waals surface area contributed by atoms with Gasteiger partial charge in [-0.05, 0) is 30.7 Å². The minimum atomic E-state index is -1.15. The number of aliphatic carboxylic acids is 1. The van der Waals surface area contributed by atoms with E-state index in [1.54, 1.807) is 30.5 Å². The molecule has 2 aromatic heterocycles. The minimum absolute atomic E-state index is 0.00329. The standard InChI is InChI=1S/C32H39N11O9/c1-42(17-20-16-37-29-27(38-20)28(33)40-32(34)41-29)21-4-2-19(3-5-21)30(49)39-22(6-9-26(47)48)31(50)36-11-10-35-23(44)18-52-15-14-51-13-12-43-24(45)7-8-25(43)46/h2-5,7-8,16,22H,6,9-15,17-18H2,1H3,(H,35,44)(H,36,50)(H,39,49)(H,47,48)(H4,33,34,37,40,41). The first-order valence-electron chi connectivity index (χ1n) is 16.0. The lowest BCUT2D eigenvalue weighted by Gasteiger charge is -2.20. The van der Waals surface area contributed by atoms with E-state index in [9.17, 15) is 28.8 Å². The van der Waals surface area contributed by atoms with Gasteiger partial charge in [-0.15, -0.1) is 0 Å². The summed E-state index contributed by atoms with van der Waals surface area (Å²) >= 11 is 0. The average molecular weight is 722 g/mol. The van der Waals surface area contributed by atoms with Crippen molar-refractivity contribution >= 4 is 64.1 Å². The number of nitrogen functional groups attached to an aromatic ring is 2. The van der Waals surface area contributed by atoms with Crippen LogP contribution in [-0.4, -0.2) is 125 Å². The first-order valence-corrected chi connectivity index (χ1v) is 16.0. The van der Waals surface area contributed by atoms with Gasteiger partial charge in [0.25, 0.3) is 17.7 Å². The molecule has 0 saturated heterocycles. The number of ether oxygens (including phenoxy) is 2. The maximum absolute atomic E-state index is 13.0. The number of aromatic nitrogens is 4. The first kappa shape index (κ1) is 38.5. The van der Waals surface area contributed by atoms with Crippen LogP contribution in [0.25, 0.3) is 11.2 Å². The molecule has 4 rings (SSSR count). The maximum atomic E-state index is 13.0. The van der Waals surface area contributed by atoms with E-state index in [1.165, 1.54) is 12.2 Å². The fraction of sp³-hybridized carbons (Fsp3) is 0.375. The molecule has 1 atom stereocenters. The second kappa shape index (κ2) is 18.6. The fourth-order valence-corrected chi connectivity index (χ4v) is 4.79. The minimum Gasteiger partial charge on any atom is -0.481 e. The summed E-state index contributed by atoms with van der Waals surface area (Å²) in [5.41, 5.74) is 13.7. The zero-order valence-corrected chi connectivity index (χ0v) is 28.2. The Morgan fingerprint density at radius 1 is 0.942 bits per heavy atom. The van der Waals surface area contributed by atoms with E-state index in [2.05, 4.69) is 35.9 Å². The van der Waals surface area contributed by atoms with Gasteiger partial charge in [-0.1, -0.05) is 0 Å². The van der Waals surface area contributed by atoms with Gasteiger partial charge in [-0.2, -0.15) is 9.97 Å². The number of fused-ring (bicyclic) bond motifs is 1. The maximum Gasteiger partial charge on any atom is 0.303 e. The molecule has 0 aliphatic carbocycles. The van der Waals surface area contributed by atoms with E-state index in [4.69, 9.17) is 26.0 Å². The molecule has 0 saturated carbocycles. The Morgan fingerprint density at radius 2 is 1.63 bits per heavy atom. The predicted octanol–water partition coefficient (Wildman–Crippen LogP) is -1.63. The largest absolute Gasteiger partial charge is 0.481 e. The molecule has 1 aliphatic heterocycles. The number of anilines is 3. The highest BCUT2D eigenvalue weighted by Gasteiger charge is 2.23. The van der Waals surface area contributed by atoms with Gasteiger partial charge in [0, 0.05) is 50.0 Å². The van der Waals surface area contributed by atoms with Crippen molar-refractivity contribution in [1.29, 1.82) is 0 Å². The van der Waals surface area contributed by atoms with Crippen LogP contribution < -0.4 is 32.3 Å². The number of nitrogens with one attached hydrogen (secondary N) is 3. The topological polar surface area (TPSA) is 287 Å². The molecule has 3 aromatic rings. The third kappa shape index (κ3) is 11.4. The number of carboxylic acids is 1. The number of carboxylic acid groups (broad SMARTS) is 1. The van der Waals surface area contributed by atoms with Crippen molar-refractivity contribution in [1.82, 2.24) is 40.8 Å². The summed E-state index contributed by atoms with van der Waals surface area (Å²) in [6.45, 7) is 0.595. The Kier molecular flexibility index (Phi) is 13.8. The number of imide groups is 1. The molecule has 0 radical (unpaired) electrons. The molecule has 1 aliphatic rings. The quantitative estimate of drug-likeness (QED) is 0.0564. The number of amides is 5. The summed E-state index contributed by atoms with van der Waals surface area (Å²) in [5, 5.41) is 16.9. The number of rotatable bonds is 20. The molecular formula is C32H39N11O9. The number of nitrogens with zero attached hydrogens (tertiary/aromatic N) is 6. The molecule has 0 fully saturated rings. The van der Waals surface area contributed by atoms with E-state index in [0.29, 0.717) is 17.8 Å². The Bertz CT molecular complexity index is 1800. The summed E-state index contributed by atoms with van der Waals surface area (Å²) in [7, 11) is 1.81. The second-order valence-corrected chi connectivity index (χ2v) is 11.3. The van der Waals surface area contributed by atoms with Crippen LogP contribution in [0.2, 0.25) is 0 Å². The Balaban J connectivity index is 1.17. The van der Waals surface area contributed by atoms with Crippen molar-refractivity contribution in [2.45, 2.75) is 25.4 Å². The lowest BCUT2D eigenvalue weighted by molar-refractivity contribution is -0.139. The molecular weight excluding hydrogens is 682 g/mol. The van der Waals surface area contributed by atoms with Crippen LogP contribution >= 0.6 is 0 Å². The van der Waals surface area contributed by atoms with E-state index >= 15 is 0 Å². The van der Waals surface area contributed by atoms with E-state index in [0.717, 1.165) is 10.6 Å². The highest BCUT2D eigenvalue weighted by molar-refractivity contribution is 6.12. The van der Waals surface area contributed by atoms with Crippen molar-refractivity contribution in [3.63, 3.8) is 0 Å². The van der Waals surface area contributed by atoms with Crippen LogP contribution in [0.5, 0.6) is 0 Å². The molecule has 276 valence electrons. The third-order valence-electron chi connectivity index (χ3n) is 7.45. The van der Waals surface area contributed by atoms with Crippen LogP contribution in [0, 0.1) is 0 Å². The van der Waals surface area contributed by atoms with Gasteiger partial charge in [-0.3, -0.25) is 33.7 Å². The van der Waals surface area contributed by atoms with E-state index < -0.39 is 41.5 Å². The average Bonchev–Trinajstić information content (AvgIpc) is 3.43. The normalized spacial score (nSPS) is 12.9. The summed E-state index contributed by atoms with van der Waals surface area (Å²) in [6.07, 6.45) is 3.39. The highest BCUT2D eigenvalue weighted by atomic mass is 16.5. The number of carbonyl (C=O) groups is 6. The first-order chi connectivity index (χ1) is 24.9. The number of hydrogen-bond donors (Lipinski definition) is 6. The van der Waals surface area contributed by atoms with Crippen molar-refractivity contribution < 1.29 is 43.3 Å². The number of hydrogen-bond acceptors (Lipinski definition) is 15. The molecule has 52 heavy (non-hydrogen) atoms. The van der Waals surface area contributed by atoms with Crippen LogP contribution in [0.15, 0.2) is 42.6 Å². The third-order valence-corrected chi connectivity index (χ3v) is 7.45. The van der Waals surface area contributed by atoms with Crippen molar-refractivity contribution in [3.8, 4) is 0 Å². The zero-order valence-electron chi connectivity index (χ0n) is 28.2. The van der Waals surface area contributed by atoms with Crippen LogP contribution in [0.1, 0.15) is 28.9 Å². The molecule has 3 heterocycles. The Labute approximate surface area is 296 Å². The second-order valence-electron chi connectivity index (χ2n) is 11.3. The molecule has 0 bridgehead atoms. The molecule has 20 nitrogen and oxygen atoms in total. The molecule has 20 heteroatoms. The van der Waals surface area contributed by atoms with Crippen molar-refractivity contribution in [2.75, 3.05) is 69.5 Å². The lowest BCUT2D eigenvalue weighted by Crippen LogP contribution is -2.48. The van der Waals surface area contributed by atoms with E-state index in [-0.39, 0.29) is 81.9 Å². The smallest absolute Gasteiger partial charge is 0.303 e. The monoisotopic (exact) mass is 721 g/mol. The fourth-order valence-electron chi connectivity index (χ4n) is 4.79. The van der Waals surface area contributed by atoms with Gasteiger partial charge >= 0.3 is 5.97 Å². The molecule has 1 aromatic carbocycles. The number of benzene rings is 1. The summed E-state index contributed by atoms with van der Waals surface area (Å²) in [4.78, 5) is 91.7. The van der Waals surface area contributed by atoms with Gasteiger partial charge < -0.3 is 46.9 Å². The van der Waals surface area contributed by atoms with Gasteiger partial charge in [0.15, 0.2) is 17.0 Å². The molecule has 5 amide bonds. The summed E-state index contributed by atoms with van der Waals surface area (Å²) < 4.78 is 10.5. The highest BCUT2D eigenvalue weighted by Crippen LogP contribution is 2.19. The number of nitrogens with two attached hydrogens (primary N) is 2. The van der Waals surface area contributed by atoms with Gasteiger partial charge in [0.1, 0.15) is 12.6 Å². The van der Waals surface area contributed by atoms with Crippen molar-refractivity contribution in [2.24, 2.45) is 0 Å². The zero-order chi connectivity index (χ0) is 37.6. The van der Waals surface area contributed by atoms with Crippen LogP contribution in [0.3, 0.4) is 0 Å². The van der Waals surface area contributed by atoms with Crippen LogP contribution in [-0.2, 0) is 40.0 Å². The van der Waals surface area contributed by atoms with Crippen molar-refractivity contribution in [3.05, 3.63) is 53.9 Å². The molecule has 1 unspecified atom stereocenters. The SMILES string of the molecule is CN(Cc1cnc2nc(N)nc(N)c2n1)c1ccc(C(=O)NC(CCC(=O)O)C(=O)NCCNC(=O)COCCOCCN2C(=O)C=CC2=O)cc1. The van der Waals surface area contributed by atoms with Gasteiger partial charge in [-0.25, -0.2) is 9.97 Å². The molecule has 8 N–H and O–H groups in total. The van der Waals surface area contributed by atoms with Gasteiger partial charge in [0.2, 0.25) is 17.8 Å². The number of carbonyl (C=O) groups excluding carboxylic acids is 5. The van der Waals surface area contributed by atoms with Crippen LogP contribution in [0.4, 0.5) is 17.5 Å². The lowest BCUT2D eigenvalue weighted by atomic mass is 10.1. The molecule has 0 spiro atoms.